The Bertz CT molecular complexity index is 100.0. The van der Waals surface area contributed by atoms with E-state index in [1.54, 1.807) is 0 Å². The summed E-state index contributed by atoms with van der Waals surface area (Å²) in [5, 5.41) is 0. The summed E-state index contributed by atoms with van der Waals surface area (Å²) in [6.07, 6.45) is 0. The standard InChI is InChI=1S/4Gd.3O4Si/c;;;;3*1-5(2,3)4/q4*+3;3*-4. The second kappa shape index (κ2) is 21.5. The zero-order chi connectivity index (χ0) is 13.5. The molecule has 19 heteroatoms. The normalized spacial score (nSPS) is 9.47. The molecule has 0 aromatic heterocycles. The van der Waals surface area contributed by atoms with E-state index in [0.29, 0.717) is 0 Å². The summed E-state index contributed by atoms with van der Waals surface area (Å²) >= 11 is 0. The molecular formula is Gd4O12Si3. The maximum atomic E-state index is 8.58. The van der Waals surface area contributed by atoms with Crippen LogP contribution in [-0.2, 0) is 0 Å². The third-order valence-corrected chi connectivity index (χ3v) is 0. The summed E-state index contributed by atoms with van der Waals surface area (Å²) in [5.74, 6) is 0. The van der Waals surface area contributed by atoms with Gasteiger partial charge in [0.15, 0.2) is 0 Å². The van der Waals surface area contributed by atoms with Crippen LogP contribution in [-0.4, -0.2) is 27.1 Å². The molecule has 0 bridgehead atoms. The fourth-order valence-corrected chi connectivity index (χ4v) is 0. The Balaban J connectivity index is -0.0000000206. The number of hydrogen-bond acceptors (Lipinski definition) is 12. The van der Waals surface area contributed by atoms with E-state index in [0.717, 1.165) is 0 Å². The summed E-state index contributed by atoms with van der Waals surface area (Å²) in [6.45, 7) is 0. The molecule has 0 amide bonds. The minimum atomic E-state index is -5.61. The zero-order valence-corrected chi connectivity index (χ0v) is 19.9. The minimum absolute atomic E-state index is 0. The SMILES string of the molecule is [Gd+3].[Gd+3].[Gd+3].[Gd+3].[O-][Si]([O-])([O-])[O-].[O-][Si]([O-])([O-])[O-].[O-][Si]([O-])([O-])[O-]. The van der Waals surface area contributed by atoms with Crippen LogP contribution in [0, 0.1) is 160 Å². The smallest absolute Gasteiger partial charge is 0.894 e. The average Bonchev–Trinajstić information content (AvgIpc) is 1.41. The van der Waals surface area contributed by atoms with E-state index in [-0.39, 0.29) is 160 Å². The third kappa shape index (κ3) is 362. The van der Waals surface area contributed by atoms with Crippen molar-refractivity contribution in [3.63, 3.8) is 0 Å². The summed E-state index contributed by atoms with van der Waals surface area (Å²) in [5.41, 5.74) is 0. The molecule has 4 radical (unpaired) electrons. The van der Waals surface area contributed by atoms with Gasteiger partial charge in [0.1, 0.15) is 0 Å². The van der Waals surface area contributed by atoms with Crippen LogP contribution in [0.15, 0.2) is 0 Å². The van der Waals surface area contributed by atoms with Gasteiger partial charge in [0.2, 0.25) is 0 Å². The van der Waals surface area contributed by atoms with Gasteiger partial charge in [0.25, 0.3) is 0 Å². The molecule has 0 unspecified atom stereocenters. The molecule has 0 saturated carbocycles. The van der Waals surface area contributed by atoms with Crippen molar-refractivity contribution < 1.29 is 217 Å². The summed E-state index contributed by atoms with van der Waals surface area (Å²) in [4.78, 5) is 103. The van der Waals surface area contributed by atoms with Crippen molar-refractivity contribution in [2.75, 3.05) is 0 Å². The number of rotatable bonds is 0. The molecule has 19 heavy (non-hydrogen) atoms. The molecule has 0 atom stereocenters. The Morgan fingerprint density at radius 1 is 0.263 bits per heavy atom. The maximum Gasteiger partial charge on any atom is 3.00 e. The zero-order valence-electron chi connectivity index (χ0n) is 7.81. The molecule has 0 heterocycles. The predicted octanol–water partition coefficient (Wildman–Crippen LogP) is -15.4. The largest absolute Gasteiger partial charge is 3.00 e. The van der Waals surface area contributed by atoms with Crippen LogP contribution in [0.4, 0.5) is 0 Å². The molecule has 12 nitrogen and oxygen atoms in total. The average molecular weight is 905 g/mol. The van der Waals surface area contributed by atoms with Gasteiger partial charge < -0.3 is 84.7 Å². The summed E-state index contributed by atoms with van der Waals surface area (Å²) in [6, 6.07) is 0. The first kappa shape index (κ1) is 44.2. The molecule has 0 aromatic rings. The molecule has 0 rings (SSSR count). The molecule has 0 N–H and O–H groups in total. The fourth-order valence-electron chi connectivity index (χ4n) is 0. The summed E-state index contributed by atoms with van der Waals surface area (Å²) in [7, 11) is -16.8. The van der Waals surface area contributed by atoms with Crippen molar-refractivity contribution in [3.8, 4) is 0 Å². The second-order valence-corrected chi connectivity index (χ2v) is 4.50. The van der Waals surface area contributed by atoms with Gasteiger partial charge in [-0.3, -0.25) is 0 Å². The van der Waals surface area contributed by atoms with Crippen LogP contribution >= 0.6 is 0 Å². The summed E-state index contributed by atoms with van der Waals surface area (Å²) < 4.78 is 0. The minimum Gasteiger partial charge on any atom is -0.894 e. The Morgan fingerprint density at radius 3 is 0.263 bits per heavy atom. The van der Waals surface area contributed by atoms with E-state index in [1.807, 2.05) is 0 Å². The number of hydrogen-bond donors (Lipinski definition) is 0. The second-order valence-electron chi connectivity index (χ2n) is 1.50. The van der Waals surface area contributed by atoms with Crippen LogP contribution in [0.1, 0.15) is 0 Å². The molecule has 0 fully saturated rings. The van der Waals surface area contributed by atoms with Gasteiger partial charge >= 0.3 is 160 Å². The first-order valence-corrected chi connectivity index (χ1v) is 7.35. The van der Waals surface area contributed by atoms with Gasteiger partial charge in [-0.05, 0) is 0 Å². The molecule has 0 saturated heterocycles. The van der Waals surface area contributed by atoms with Gasteiger partial charge in [-0.1, -0.05) is 0 Å². The van der Waals surface area contributed by atoms with E-state index in [4.69, 9.17) is 57.5 Å². The first-order chi connectivity index (χ1) is 6.00. The Hall–Kier alpha value is 5.47. The van der Waals surface area contributed by atoms with Crippen LogP contribution in [0.2, 0.25) is 0 Å². The molecule has 0 aromatic carbocycles. The van der Waals surface area contributed by atoms with Crippen LogP contribution < -0.4 is 57.5 Å². The third-order valence-electron chi connectivity index (χ3n) is 0. The maximum absolute atomic E-state index is 8.58. The molecule has 116 valence electrons. The van der Waals surface area contributed by atoms with Gasteiger partial charge in [-0.25, -0.2) is 0 Å². The van der Waals surface area contributed by atoms with Crippen LogP contribution in [0.5, 0.6) is 0 Å². The molecule has 0 aliphatic heterocycles. The van der Waals surface area contributed by atoms with E-state index in [2.05, 4.69) is 0 Å². The van der Waals surface area contributed by atoms with Gasteiger partial charge in [-0.15, -0.1) is 0 Å². The quantitative estimate of drug-likeness (QED) is 0.205. The van der Waals surface area contributed by atoms with E-state index in [1.165, 1.54) is 0 Å². The Labute approximate surface area is 238 Å². The van der Waals surface area contributed by atoms with Gasteiger partial charge in [0, 0.05) is 0 Å². The predicted molar refractivity (Wildman–Crippen MR) is 17.3 cm³/mol. The molecular weight excluding hydrogens is 905 g/mol. The first-order valence-electron chi connectivity index (χ1n) is 2.45. The van der Waals surface area contributed by atoms with Crippen molar-refractivity contribution in [1.82, 2.24) is 0 Å². The Morgan fingerprint density at radius 2 is 0.263 bits per heavy atom. The molecule has 0 aliphatic carbocycles. The van der Waals surface area contributed by atoms with E-state index in [9.17, 15) is 0 Å². The molecule has 0 aliphatic rings. The van der Waals surface area contributed by atoms with E-state index < -0.39 is 27.1 Å². The van der Waals surface area contributed by atoms with E-state index >= 15 is 0 Å². The van der Waals surface area contributed by atoms with Crippen molar-refractivity contribution in [2.45, 2.75) is 0 Å². The molecule has 0 spiro atoms. The van der Waals surface area contributed by atoms with Crippen molar-refractivity contribution in [1.29, 1.82) is 0 Å². The van der Waals surface area contributed by atoms with Crippen molar-refractivity contribution in [3.05, 3.63) is 0 Å². The van der Waals surface area contributed by atoms with Gasteiger partial charge in [0.05, 0.1) is 0 Å². The Kier molecular flexibility index (Phi) is 50.0. The van der Waals surface area contributed by atoms with Crippen molar-refractivity contribution in [2.24, 2.45) is 0 Å². The van der Waals surface area contributed by atoms with Crippen LogP contribution in [0.3, 0.4) is 0 Å². The topological polar surface area (TPSA) is 277 Å². The van der Waals surface area contributed by atoms with Crippen LogP contribution in [0.25, 0.3) is 0 Å². The van der Waals surface area contributed by atoms with Crippen molar-refractivity contribution >= 4 is 27.1 Å². The fraction of sp³-hybridized carbons (Fsp3) is 0. The van der Waals surface area contributed by atoms with Gasteiger partial charge in [-0.2, -0.15) is 0 Å². The monoisotopic (exact) mass is 908 g/mol.